The Morgan fingerprint density at radius 2 is 1.94 bits per heavy atom. The third-order valence-corrected chi connectivity index (χ3v) is 10.1. The SMILES string of the molecule is COC(=O)CC[C@H](C)[C@@H]1CC[C@@H]2[C@@H]3CC[C@@H]4C[C@H](OC(C)=O)CC[C@@]4(C)C3=CC[C@@]21C. The highest BCUT2D eigenvalue weighted by atomic mass is 16.5. The first-order chi connectivity index (χ1) is 14.7. The van der Waals surface area contributed by atoms with Crippen LogP contribution in [0.25, 0.3) is 0 Å². The van der Waals surface area contributed by atoms with E-state index in [0.29, 0.717) is 29.6 Å². The predicted molar refractivity (Wildman–Crippen MR) is 121 cm³/mol. The Bertz CT molecular complexity index is 742. The monoisotopic (exact) mass is 430 g/mol. The van der Waals surface area contributed by atoms with E-state index in [0.717, 1.165) is 37.5 Å². The number of allylic oxidation sites excluding steroid dienone is 2. The highest BCUT2D eigenvalue weighted by molar-refractivity contribution is 5.69. The molecular weight excluding hydrogens is 388 g/mol. The van der Waals surface area contributed by atoms with Gasteiger partial charge in [-0.05, 0) is 98.2 Å². The largest absolute Gasteiger partial charge is 0.469 e. The van der Waals surface area contributed by atoms with Gasteiger partial charge in [-0.15, -0.1) is 0 Å². The van der Waals surface area contributed by atoms with Crippen molar-refractivity contribution in [3.05, 3.63) is 11.6 Å². The highest BCUT2D eigenvalue weighted by Gasteiger charge is 2.57. The van der Waals surface area contributed by atoms with Crippen LogP contribution in [-0.2, 0) is 19.1 Å². The maximum atomic E-state index is 11.7. The first-order valence-corrected chi connectivity index (χ1v) is 12.6. The third kappa shape index (κ3) is 3.97. The summed E-state index contributed by atoms with van der Waals surface area (Å²) in [5, 5.41) is 0. The molecular formula is C27H42O4. The molecule has 0 heterocycles. The maximum Gasteiger partial charge on any atom is 0.305 e. The molecule has 4 heteroatoms. The standard InChI is InChI=1S/C27H42O4/c1-17(6-11-25(29)30-5)22-9-10-23-21-8-7-19-16-20(31-18(2)28)12-14-26(19,3)24(21)13-15-27(22,23)4/h13,17,19-23H,6-12,14-16H2,1-5H3/t17-,19+,20+,21-,22-,23+,26+,27+/m0/s1. The molecule has 0 radical (unpaired) electrons. The van der Waals surface area contributed by atoms with Crippen molar-refractivity contribution in [1.29, 1.82) is 0 Å². The number of esters is 2. The summed E-state index contributed by atoms with van der Waals surface area (Å²) in [4.78, 5) is 23.1. The average molecular weight is 431 g/mol. The van der Waals surface area contributed by atoms with Crippen molar-refractivity contribution in [2.75, 3.05) is 7.11 Å². The summed E-state index contributed by atoms with van der Waals surface area (Å²) in [5.74, 6) is 3.21. The lowest BCUT2D eigenvalue weighted by atomic mass is 9.48. The Hall–Kier alpha value is -1.32. The molecule has 0 saturated heterocycles. The second-order valence-corrected chi connectivity index (χ2v) is 11.6. The molecule has 0 aromatic rings. The van der Waals surface area contributed by atoms with E-state index in [9.17, 15) is 9.59 Å². The molecule has 4 rings (SSSR count). The Morgan fingerprint density at radius 3 is 2.65 bits per heavy atom. The molecule has 0 bridgehead atoms. The van der Waals surface area contributed by atoms with E-state index in [2.05, 4.69) is 26.8 Å². The van der Waals surface area contributed by atoms with Gasteiger partial charge in [-0.25, -0.2) is 0 Å². The lowest BCUT2D eigenvalue weighted by Gasteiger charge is -2.57. The summed E-state index contributed by atoms with van der Waals surface area (Å²) in [5.41, 5.74) is 2.40. The first-order valence-electron chi connectivity index (χ1n) is 12.6. The van der Waals surface area contributed by atoms with Gasteiger partial charge in [-0.1, -0.05) is 32.4 Å². The van der Waals surface area contributed by atoms with Crippen LogP contribution in [0.2, 0.25) is 0 Å². The van der Waals surface area contributed by atoms with Gasteiger partial charge in [0, 0.05) is 13.3 Å². The van der Waals surface area contributed by atoms with Gasteiger partial charge in [0.05, 0.1) is 7.11 Å². The minimum absolute atomic E-state index is 0.0759. The van der Waals surface area contributed by atoms with Gasteiger partial charge in [-0.3, -0.25) is 9.59 Å². The van der Waals surface area contributed by atoms with Crippen LogP contribution >= 0.6 is 0 Å². The van der Waals surface area contributed by atoms with Crippen LogP contribution in [0.15, 0.2) is 11.6 Å². The molecule has 3 fully saturated rings. The zero-order valence-electron chi connectivity index (χ0n) is 20.2. The van der Waals surface area contributed by atoms with Crippen molar-refractivity contribution in [2.45, 2.75) is 98.0 Å². The number of hydrogen-bond donors (Lipinski definition) is 0. The second kappa shape index (κ2) is 8.56. The Labute approximate surface area is 188 Å². The number of ether oxygens (including phenoxy) is 2. The van der Waals surface area contributed by atoms with E-state index in [4.69, 9.17) is 9.47 Å². The van der Waals surface area contributed by atoms with Crippen LogP contribution < -0.4 is 0 Å². The molecule has 0 aliphatic heterocycles. The van der Waals surface area contributed by atoms with E-state index in [1.165, 1.54) is 46.1 Å². The topological polar surface area (TPSA) is 52.6 Å². The summed E-state index contributed by atoms with van der Waals surface area (Å²) in [6.45, 7) is 8.95. The molecule has 3 saturated carbocycles. The number of hydrogen-bond acceptors (Lipinski definition) is 4. The Balaban J connectivity index is 1.50. The summed E-state index contributed by atoms with van der Waals surface area (Å²) in [6.07, 6.45) is 13.8. The van der Waals surface area contributed by atoms with Crippen LogP contribution in [0.3, 0.4) is 0 Å². The zero-order valence-corrected chi connectivity index (χ0v) is 20.2. The Morgan fingerprint density at radius 1 is 1.16 bits per heavy atom. The quantitative estimate of drug-likeness (QED) is 0.391. The van der Waals surface area contributed by atoms with Gasteiger partial charge >= 0.3 is 11.9 Å². The third-order valence-electron chi connectivity index (χ3n) is 10.1. The second-order valence-electron chi connectivity index (χ2n) is 11.6. The number of carbonyl (C=O) groups is 2. The van der Waals surface area contributed by atoms with E-state index >= 15 is 0 Å². The first kappa shape index (κ1) is 22.9. The summed E-state index contributed by atoms with van der Waals surface area (Å²) in [7, 11) is 1.49. The molecule has 0 N–H and O–H groups in total. The van der Waals surface area contributed by atoms with E-state index in [1.54, 1.807) is 5.57 Å². The van der Waals surface area contributed by atoms with Gasteiger partial charge < -0.3 is 9.47 Å². The molecule has 4 aliphatic rings. The fourth-order valence-corrected chi connectivity index (χ4v) is 8.45. The van der Waals surface area contributed by atoms with Gasteiger partial charge in [0.15, 0.2) is 0 Å². The molecule has 0 amide bonds. The van der Waals surface area contributed by atoms with Crippen LogP contribution in [0.4, 0.5) is 0 Å². The van der Waals surface area contributed by atoms with Gasteiger partial charge in [0.2, 0.25) is 0 Å². The molecule has 0 aromatic carbocycles. The molecule has 0 unspecified atom stereocenters. The van der Waals surface area contributed by atoms with E-state index in [-0.39, 0.29) is 23.5 Å². The fourth-order valence-electron chi connectivity index (χ4n) is 8.45. The number of methoxy groups -OCH3 is 1. The van der Waals surface area contributed by atoms with E-state index in [1.807, 2.05) is 0 Å². The van der Waals surface area contributed by atoms with Crippen molar-refractivity contribution < 1.29 is 19.1 Å². The van der Waals surface area contributed by atoms with Crippen LogP contribution in [0.1, 0.15) is 91.9 Å². The molecule has 8 atom stereocenters. The highest BCUT2D eigenvalue weighted by Crippen LogP contribution is 2.66. The van der Waals surface area contributed by atoms with Crippen LogP contribution in [-0.4, -0.2) is 25.2 Å². The van der Waals surface area contributed by atoms with Gasteiger partial charge in [-0.2, -0.15) is 0 Å². The molecule has 31 heavy (non-hydrogen) atoms. The number of fused-ring (bicyclic) bond motifs is 5. The summed E-state index contributed by atoms with van der Waals surface area (Å²) >= 11 is 0. The van der Waals surface area contributed by atoms with Crippen molar-refractivity contribution in [1.82, 2.24) is 0 Å². The lowest BCUT2D eigenvalue weighted by molar-refractivity contribution is -0.151. The fraction of sp³-hybridized carbons (Fsp3) is 0.852. The predicted octanol–water partition coefficient (Wildman–Crippen LogP) is 6.09. The van der Waals surface area contributed by atoms with Gasteiger partial charge in [0.25, 0.3) is 0 Å². The van der Waals surface area contributed by atoms with E-state index < -0.39 is 0 Å². The van der Waals surface area contributed by atoms with Crippen LogP contribution in [0.5, 0.6) is 0 Å². The molecule has 0 aromatic heterocycles. The zero-order chi connectivity index (χ0) is 22.4. The van der Waals surface area contributed by atoms with Crippen molar-refractivity contribution in [3.8, 4) is 0 Å². The van der Waals surface area contributed by atoms with Crippen molar-refractivity contribution in [2.24, 2.45) is 40.4 Å². The smallest absolute Gasteiger partial charge is 0.305 e. The summed E-state index contributed by atoms with van der Waals surface area (Å²) in [6, 6.07) is 0. The Kier molecular flexibility index (Phi) is 6.31. The number of rotatable bonds is 5. The molecule has 4 nitrogen and oxygen atoms in total. The van der Waals surface area contributed by atoms with Gasteiger partial charge in [0.1, 0.15) is 6.10 Å². The maximum absolute atomic E-state index is 11.7. The minimum atomic E-state index is -0.131. The molecule has 4 aliphatic carbocycles. The molecule has 0 spiro atoms. The average Bonchev–Trinajstić information content (AvgIpc) is 3.09. The number of carbonyl (C=O) groups excluding carboxylic acids is 2. The van der Waals surface area contributed by atoms with Crippen molar-refractivity contribution >= 4 is 11.9 Å². The van der Waals surface area contributed by atoms with Crippen LogP contribution in [0, 0.1) is 40.4 Å². The molecule has 174 valence electrons. The normalized spacial score (nSPS) is 42.5. The lowest BCUT2D eigenvalue weighted by Crippen LogP contribution is -2.49. The summed E-state index contributed by atoms with van der Waals surface area (Å²) < 4.78 is 10.5. The van der Waals surface area contributed by atoms with Crippen molar-refractivity contribution in [3.63, 3.8) is 0 Å². The minimum Gasteiger partial charge on any atom is -0.469 e.